The molecule has 0 aromatic carbocycles. The van der Waals surface area contributed by atoms with Gasteiger partial charge in [0, 0.05) is 18.5 Å². The average molecular weight is 420 g/mol. The number of hydrogen-bond acceptors (Lipinski definition) is 8. The first-order valence-electron chi connectivity index (χ1n) is 10.2. The largest absolute Gasteiger partial charge is 0.433 e. The van der Waals surface area contributed by atoms with Gasteiger partial charge in [0.25, 0.3) is 0 Å². The second kappa shape index (κ2) is 7.02. The third kappa shape index (κ3) is 3.67. The smallest absolute Gasteiger partial charge is 0.368 e. The van der Waals surface area contributed by atoms with Gasteiger partial charge in [-0.25, -0.2) is 4.98 Å². The molecular formula is C19H23F3N8. The number of rotatable bonds is 4. The summed E-state index contributed by atoms with van der Waals surface area (Å²) in [5.74, 6) is 1.79. The number of aromatic nitrogens is 4. The molecule has 5 N–H and O–H groups in total. The van der Waals surface area contributed by atoms with E-state index in [9.17, 15) is 13.2 Å². The minimum atomic E-state index is -4.49. The van der Waals surface area contributed by atoms with Crippen LogP contribution >= 0.6 is 0 Å². The summed E-state index contributed by atoms with van der Waals surface area (Å²) in [4.78, 5) is 16.9. The molecular weight excluding hydrogens is 397 g/mol. The van der Waals surface area contributed by atoms with Gasteiger partial charge in [0.15, 0.2) is 0 Å². The second-order valence-electron chi connectivity index (χ2n) is 8.39. The SMILES string of the molecule is Nc1nc(NC2(c3cccc(C(F)(F)F)n3)CC2)nc(C2CCC3CNNC3C2)n1. The van der Waals surface area contributed by atoms with Crippen LogP contribution in [0.1, 0.15) is 55.2 Å². The van der Waals surface area contributed by atoms with Crippen LogP contribution in [0.5, 0.6) is 0 Å². The summed E-state index contributed by atoms with van der Waals surface area (Å²) in [7, 11) is 0. The third-order valence-electron chi connectivity index (χ3n) is 6.31. The minimum Gasteiger partial charge on any atom is -0.368 e. The Morgan fingerprint density at radius 2 is 1.93 bits per heavy atom. The summed E-state index contributed by atoms with van der Waals surface area (Å²) < 4.78 is 39.2. The summed E-state index contributed by atoms with van der Waals surface area (Å²) in [6.45, 7) is 0.968. The summed E-state index contributed by atoms with van der Waals surface area (Å²) >= 11 is 0. The van der Waals surface area contributed by atoms with Crippen LogP contribution in [0.3, 0.4) is 0 Å². The molecule has 5 rings (SSSR count). The van der Waals surface area contributed by atoms with Gasteiger partial charge in [-0.1, -0.05) is 6.07 Å². The van der Waals surface area contributed by atoms with Crippen molar-refractivity contribution in [3.8, 4) is 0 Å². The fourth-order valence-electron chi connectivity index (χ4n) is 4.50. The summed E-state index contributed by atoms with van der Waals surface area (Å²) in [6.07, 6.45) is -0.259. The zero-order chi connectivity index (χ0) is 20.9. The maximum Gasteiger partial charge on any atom is 0.433 e. The molecule has 8 nitrogen and oxygen atoms in total. The molecule has 160 valence electrons. The van der Waals surface area contributed by atoms with Crippen molar-refractivity contribution < 1.29 is 13.2 Å². The third-order valence-corrected chi connectivity index (χ3v) is 6.31. The van der Waals surface area contributed by atoms with E-state index >= 15 is 0 Å². The molecule has 1 aliphatic heterocycles. The molecule has 2 aromatic rings. The second-order valence-corrected chi connectivity index (χ2v) is 8.39. The fourth-order valence-corrected chi connectivity index (χ4v) is 4.50. The van der Waals surface area contributed by atoms with E-state index in [1.807, 2.05) is 0 Å². The topological polar surface area (TPSA) is 114 Å². The summed E-state index contributed by atoms with van der Waals surface area (Å²) in [6, 6.07) is 4.32. The lowest BCUT2D eigenvalue weighted by molar-refractivity contribution is -0.141. The molecule has 1 saturated heterocycles. The highest BCUT2D eigenvalue weighted by atomic mass is 19.4. The number of nitrogens with two attached hydrogens (primary N) is 1. The average Bonchev–Trinajstić information content (AvgIpc) is 3.33. The number of fused-ring (bicyclic) bond motifs is 1. The van der Waals surface area contributed by atoms with Gasteiger partial charge in [-0.15, -0.1) is 0 Å². The van der Waals surface area contributed by atoms with Gasteiger partial charge in [0.05, 0.1) is 11.2 Å². The molecule has 30 heavy (non-hydrogen) atoms. The van der Waals surface area contributed by atoms with Crippen molar-refractivity contribution in [2.75, 3.05) is 17.6 Å². The van der Waals surface area contributed by atoms with Crippen LogP contribution in [-0.4, -0.2) is 32.5 Å². The minimum absolute atomic E-state index is 0.106. The molecule has 3 aliphatic rings. The van der Waals surface area contributed by atoms with E-state index in [2.05, 4.69) is 36.1 Å². The highest BCUT2D eigenvalue weighted by molar-refractivity contribution is 5.42. The number of nitrogen functional groups attached to an aromatic ring is 1. The Balaban J connectivity index is 1.38. The molecule has 3 fully saturated rings. The Morgan fingerprint density at radius 1 is 1.10 bits per heavy atom. The van der Waals surface area contributed by atoms with Gasteiger partial charge in [0.2, 0.25) is 11.9 Å². The number of hydrogen-bond donors (Lipinski definition) is 4. The predicted octanol–water partition coefficient (Wildman–Crippen LogP) is 2.33. The lowest BCUT2D eigenvalue weighted by Gasteiger charge is -2.30. The first kappa shape index (κ1) is 19.4. The Labute approximate surface area is 171 Å². The van der Waals surface area contributed by atoms with Gasteiger partial charge in [-0.3, -0.25) is 10.9 Å². The van der Waals surface area contributed by atoms with Crippen LogP contribution in [0.15, 0.2) is 18.2 Å². The van der Waals surface area contributed by atoms with E-state index < -0.39 is 17.4 Å². The highest BCUT2D eigenvalue weighted by Gasteiger charge is 2.48. The van der Waals surface area contributed by atoms with Gasteiger partial charge in [-0.05, 0) is 50.2 Å². The van der Waals surface area contributed by atoms with E-state index in [1.54, 1.807) is 6.07 Å². The number of alkyl halides is 3. The maximum atomic E-state index is 13.1. The van der Waals surface area contributed by atoms with Crippen LogP contribution in [0.25, 0.3) is 0 Å². The van der Waals surface area contributed by atoms with E-state index in [4.69, 9.17) is 5.73 Å². The Bertz CT molecular complexity index is 946. The number of anilines is 2. The molecule has 3 atom stereocenters. The first-order chi connectivity index (χ1) is 14.3. The molecule has 0 bridgehead atoms. The van der Waals surface area contributed by atoms with Gasteiger partial charge in [-0.2, -0.15) is 28.1 Å². The van der Waals surface area contributed by atoms with Crippen molar-refractivity contribution in [1.82, 2.24) is 30.8 Å². The monoisotopic (exact) mass is 420 g/mol. The lowest BCUT2D eigenvalue weighted by atomic mass is 9.79. The Kier molecular flexibility index (Phi) is 4.55. The van der Waals surface area contributed by atoms with Crippen molar-refractivity contribution in [2.45, 2.75) is 55.8 Å². The van der Waals surface area contributed by atoms with Crippen LogP contribution in [0.2, 0.25) is 0 Å². The van der Waals surface area contributed by atoms with E-state index in [0.717, 1.165) is 31.9 Å². The molecule has 2 aromatic heterocycles. The number of nitrogens with one attached hydrogen (secondary N) is 3. The van der Waals surface area contributed by atoms with Crippen molar-refractivity contribution >= 4 is 11.9 Å². The number of pyridine rings is 1. The predicted molar refractivity (Wildman–Crippen MR) is 103 cm³/mol. The first-order valence-corrected chi connectivity index (χ1v) is 10.2. The Morgan fingerprint density at radius 3 is 2.70 bits per heavy atom. The molecule has 11 heteroatoms. The molecule has 3 heterocycles. The van der Waals surface area contributed by atoms with Crippen molar-refractivity contribution in [3.05, 3.63) is 35.4 Å². The highest BCUT2D eigenvalue weighted by Crippen LogP contribution is 2.47. The van der Waals surface area contributed by atoms with Crippen molar-refractivity contribution in [2.24, 2.45) is 5.92 Å². The van der Waals surface area contributed by atoms with Crippen LogP contribution in [0, 0.1) is 5.92 Å². The molecule has 0 amide bonds. The van der Waals surface area contributed by atoms with E-state index in [0.29, 0.717) is 36.3 Å². The fraction of sp³-hybridized carbons (Fsp3) is 0.579. The van der Waals surface area contributed by atoms with Gasteiger partial charge in [0.1, 0.15) is 11.5 Å². The van der Waals surface area contributed by atoms with Crippen LogP contribution in [-0.2, 0) is 11.7 Å². The zero-order valence-electron chi connectivity index (χ0n) is 16.2. The molecule has 0 spiro atoms. The summed E-state index contributed by atoms with van der Waals surface area (Å²) in [5.41, 5.74) is 11.2. The van der Waals surface area contributed by atoms with E-state index in [-0.39, 0.29) is 17.8 Å². The number of halogens is 3. The standard InChI is InChI=1S/C19H23F3N8/c20-19(21,22)14-3-1-2-13(25-14)18(6-7-18)29-17-27-15(26-16(23)28-17)10-4-5-11-9-24-30-12(11)8-10/h1-3,10-12,24,30H,4-9H2,(H3,23,26,27,28,29). The van der Waals surface area contributed by atoms with Crippen LogP contribution in [0.4, 0.5) is 25.1 Å². The van der Waals surface area contributed by atoms with Crippen molar-refractivity contribution in [1.29, 1.82) is 0 Å². The van der Waals surface area contributed by atoms with Crippen molar-refractivity contribution in [3.63, 3.8) is 0 Å². The number of nitrogens with zero attached hydrogens (tertiary/aromatic N) is 4. The quantitative estimate of drug-likeness (QED) is 0.596. The molecule has 0 radical (unpaired) electrons. The van der Waals surface area contributed by atoms with Gasteiger partial charge < -0.3 is 11.1 Å². The maximum absolute atomic E-state index is 13.1. The molecule has 3 unspecified atom stereocenters. The molecule has 2 aliphatic carbocycles. The molecule has 2 saturated carbocycles. The summed E-state index contributed by atoms with van der Waals surface area (Å²) in [5, 5.41) is 3.19. The van der Waals surface area contributed by atoms with E-state index in [1.165, 1.54) is 6.07 Å². The zero-order valence-corrected chi connectivity index (χ0v) is 16.2. The van der Waals surface area contributed by atoms with Crippen LogP contribution < -0.4 is 21.9 Å². The number of hydrazine groups is 1. The lowest BCUT2D eigenvalue weighted by Crippen LogP contribution is -2.36. The normalized spacial score (nSPS) is 27.5. The van der Waals surface area contributed by atoms with Gasteiger partial charge >= 0.3 is 6.18 Å². The Hall–Kier alpha value is -2.53.